The van der Waals surface area contributed by atoms with Gasteiger partial charge in [-0.15, -0.1) is 20.0 Å². The van der Waals surface area contributed by atoms with Gasteiger partial charge < -0.3 is 5.73 Å². The Morgan fingerprint density at radius 3 is 2.55 bits per heavy atom. The Hall–Kier alpha value is -2.13. The van der Waals surface area contributed by atoms with E-state index in [0.29, 0.717) is 0 Å². The first-order chi connectivity index (χ1) is 5.07. The average Bonchev–Trinajstić information content (AvgIpc) is 1.86. The zero-order valence-electron chi connectivity index (χ0n) is 4.87. The predicted molar refractivity (Wildman–Crippen MR) is 26.4 cm³/mol. The van der Waals surface area contributed by atoms with Crippen LogP contribution in [0.25, 0.3) is 0 Å². The first-order valence-corrected chi connectivity index (χ1v) is 1.99. The molecular formula is CH2N4O6. The standard InChI is InChI=1S/CH2N4O6/c2-1(6)4(10-3-7)11-5(8)9/h(H2,2,6). The van der Waals surface area contributed by atoms with Gasteiger partial charge in [0.25, 0.3) is 0 Å². The molecule has 10 heteroatoms. The van der Waals surface area contributed by atoms with E-state index in [1.807, 2.05) is 0 Å². The monoisotopic (exact) mass is 166 g/mol. The third kappa shape index (κ3) is 3.45. The summed E-state index contributed by atoms with van der Waals surface area (Å²) < 4.78 is 0. The van der Waals surface area contributed by atoms with E-state index >= 15 is 0 Å². The first-order valence-electron chi connectivity index (χ1n) is 1.99. The van der Waals surface area contributed by atoms with Crippen molar-refractivity contribution >= 4 is 6.03 Å². The van der Waals surface area contributed by atoms with Crippen LogP contribution >= 0.6 is 0 Å². The lowest BCUT2D eigenvalue weighted by molar-refractivity contribution is -0.827. The molecule has 0 saturated carbocycles. The van der Waals surface area contributed by atoms with Crippen LogP contribution in [-0.4, -0.2) is 16.3 Å². The van der Waals surface area contributed by atoms with Gasteiger partial charge in [-0.25, -0.2) is 4.79 Å². The number of carbonyl (C=O) groups is 1. The number of nitrogens with two attached hydrogens (primary N) is 1. The molecule has 62 valence electrons. The Kier molecular flexibility index (Phi) is 3.07. The van der Waals surface area contributed by atoms with Crippen molar-refractivity contribution in [2.45, 2.75) is 0 Å². The fourth-order valence-corrected chi connectivity index (χ4v) is 0.186. The molecule has 0 aromatic heterocycles. The second-order valence-electron chi connectivity index (χ2n) is 1.06. The molecule has 0 aliphatic carbocycles. The SMILES string of the molecule is NC(=O)N(ON=O)O[N+](=O)[O-]. The average molecular weight is 166 g/mol. The Labute approximate surface area is 58.4 Å². The van der Waals surface area contributed by atoms with Crippen LogP contribution < -0.4 is 5.73 Å². The van der Waals surface area contributed by atoms with E-state index in [0.717, 1.165) is 0 Å². The predicted octanol–water partition coefficient (Wildman–Crippen LogP) is -0.897. The van der Waals surface area contributed by atoms with E-state index < -0.39 is 16.3 Å². The van der Waals surface area contributed by atoms with Crippen LogP contribution in [0.5, 0.6) is 0 Å². The van der Waals surface area contributed by atoms with E-state index in [1.54, 1.807) is 5.34 Å². The van der Waals surface area contributed by atoms with Crippen LogP contribution in [0.1, 0.15) is 0 Å². The van der Waals surface area contributed by atoms with E-state index in [4.69, 9.17) is 0 Å². The van der Waals surface area contributed by atoms with Gasteiger partial charge >= 0.3 is 11.1 Å². The van der Waals surface area contributed by atoms with Gasteiger partial charge in [0, 0.05) is 5.23 Å². The first kappa shape index (κ1) is 8.87. The zero-order chi connectivity index (χ0) is 8.85. The molecule has 11 heavy (non-hydrogen) atoms. The second-order valence-corrected chi connectivity index (χ2v) is 1.06. The molecule has 0 radical (unpaired) electrons. The van der Waals surface area contributed by atoms with E-state index in [2.05, 4.69) is 15.6 Å². The van der Waals surface area contributed by atoms with Crippen molar-refractivity contribution in [1.82, 2.24) is 5.23 Å². The van der Waals surface area contributed by atoms with E-state index in [-0.39, 0.29) is 0 Å². The summed E-state index contributed by atoms with van der Waals surface area (Å²) in [6.07, 6.45) is 0. The Bertz CT molecular complexity index is 177. The molecule has 2 amide bonds. The maximum Gasteiger partial charge on any atom is 0.377 e. The van der Waals surface area contributed by atoms with Crippen LogP contribution in [0.15, 0.2) is 5.34 Å². The van der Waals surface area contributed by atoms with Crippen LogP contribution in [-0.2, 0) is 9.88 Å². The van der Waals surface area contributed by atoms with Crippen LogP contribution in [0, 0.1) is 15.0 Å². The highest BCUT2D eigenvalue weighted by molar-refractivity contribution is 5.69. The molecule has 0 heterocycles. The fraction of sp³-hybridized carbons (Fsp3) is 0. The highest BCUT2D eigenvalue weighted by Gasteiger charge is 2.16. The van der Waals surface area contributed by atoms with Gasteiger partial charge in [0.15, 0.2) is 5.34 Å². The van der Waals surface area contributed by atoms with Gasteiger partial charge in [-0.05, 0) is 0 Å². The summed E-state index contributed by atoms with van der Waals surface area (Å²) in [5.74, 6) is 0. The number of urea groups is 1. The molecule has 0 saturated heterocycles. The van der Waals surface area contributed by atoms with Crippen LogP contribution in [0.4, 0.5) is 4.79 Å². The van der Waals surface area contributed by atoms with Crippen LogP contribution in [0.3, 0.4) is 0 Å². The Balaban J connectivity index is 3.99. The van der Waals surface area contributed by atoms with E-state index in [1.165, 1.54) is 0 Å². The molecule has 10 nitrogen and oxygen atoms in total. The number of primary amides is 1. The molecule has 0 atom stereocenters. The van der Waals surface area contributed by atoms with Gasteiger partial charge in [-0.2, -0.15) is 4.94 Å². The van der Waals surface area contributed by atoms with Gasteiger partial charge in [0.2, 0.25) is 0 Å². The summed E-state index contributed by atoms with van der Waals surface area (Å²) in [5, 5.41) is 9.26. The van der Waals surface area contributed by atoms with Crippen molar-refractivity contribution in [1.29, 1.82) is 0 Å². The number of rotatable bonds is 4. The topological polar surface area (TPSA) is 137 Å². The molecular weight excluding hydrogens is 164 g/mol. The lowest BCUT2D eigenvalue weighted by Gasteiger charge is -2.07. The molecule has 0 rings (SSSR count). The summed E-state index contributed by atoms with van der Waals surface area (Å²) in [6, 6.07) is -1.48. The molecule has 2 N–H and O–H groups in total. The highest BCUT2D eigenvalue weighted by Crippen LogP contribution is 1.91. The lowest BCUT2D eigenvalue weighted by atomic mass is 11.1. The lowest BCUT2D eigenvalue weighted by Crippen LogP contribution is -2.36. The van der Waals surface area contributed by atoms with Crippen molar-refractivity contribution in [2.24, 2.45) is 11.1 Å². The number of amides is 2. The second kappa shape index (κ2) is 3.81. The summed E-state index contributed by atoms with van der Waals surface area (Å²) in [6.45, 7) is 0. The van der Waals surface area contributed by atoms with Crippen LogP contribution in [0.2, 0.25) is 0 Å². The third-order valence-electron chi connectivity index (χ3n) is 0.428. The summed E-state index contributed by atoms with van der Waals surface area (Å²) >= 11 is 0. The van der Waals surface area contributed by atoms with Gasteiger partial charge in [0.05, 0.1) is 0 Å². The minimum absolute atomic E-state index is 0.493. The Morgan fingerprint density at radius 2 is 2.27 bits per heavy atom. The van der Waals surface area contributed by atoms with E-state index in [9.17, 15) is 19.8 Å². The molecule has 0 bridgehead atoms. The molecule has 0 aromatic rings. The molecule has 0 spiro atoms. The van der Waals surface area contributed by atoms with Gasteiger partial charge in [-0.3, -0.25) is 0 Å². The fourth-order valence-electron chi connectivity index (χ4n) is 0.186. The molecule has 0 aliphatic heterocycles. The normalized spacial score (nSPS) is 8.00. The maximum absolute atomic E-state index is 10.0. The van der Waals surface area contributed by atoms with Crippen molar-refractivity contribution in [2.75, 3.05) is 0 Å². The number of hydrogen-bond donors (Lipinski definition) is 1. The third-order valence-corrected chi connectivity index (χ3v) is 0.428. The maximum atomic E-state index is 10.0. The molecule has 0 aromatic carbocycles. The molecule has 0 aliphatic rings. The summed E-state index contributed by atoms with van der Waals surface area (Å²) in [7, 11) is 0. The minimum Gasteiger partial charge on any atom is -0.347 e. The largest absolute Gasteiger partial charge is 0.377 e. The van der Waals surface area contributed by atoms with Crippen molar-refractivity contribution in [3.8, 4) is 0 Å². The van der Waals surface area contributed by atoms with Gasteiger partial charge in [0.1, 0.15) is 0 Å². The van der Waals surface area contributed by atoms with Crippen molar-refractivity contribution in [3.05, 3.63) is 15.0 Å². The number of hydroxylamine groups is 2. The van der Waals surface area contributed by atoms with Gasteiger partial charge in [-0.1, -0.05) is 0 Å². The molecule has 0 unspecified atom stereocenters. The highest BCUT2D eigenvalue weighted by atomic mass is 17.2. The Morgan fingerprint density at radius 1 is 1.73 bits per heavy atom. The summed E-state index contributed by atoms with van der Waals surface area (Å²) in [4.78, 5) is 35.5. The summed E-state index contributed by atoms with van der Waals surface area (Å²) in [5.41, 5.74) is 4.40. The molecule has 0 fully saturated rings. The number of carbonyl (C=O) groups excluding carboxylic acids is 1. The number of hydrogen-bond acceptors (Lipinski definition) is 7. The smallest absolute Gasteiger partial charge is 0.347 e. The quantitative estimate of drug-likeness (QED) is 0.326. The van der Waals surface area contributed by atoms with Crippen molar-refractivity contribution < 1.29 is 19.8 Å². The number of nitrogens with zero attached hydrogens (tertiary/aromatic N) is 3. The van der Waals surface area contributed by atoms with Crippen molar-refractivity contribution in [3.63, 3.8) is 0 Å². The zero-order valence-corrected chi connectivity index (χ0v) is 4.87. The minimum atomic E-state index is -1.48.